The van der Waals surface area contributed by atoms with E-state index in [0.717, 1.165) is 11.1 Å². The van der Waals surface area contributed by atoms with Crippen molar-refractivity contribution >= 4 is 18.1 Å². The predicted octanol–water partition coefficient (Wildman–Crippen LogP) is 3.65. The molecule has 1 N–H and O–H groups in total. The number of esters is 1. The number of hydrazone groups is 1. The Kier molecular flexibility index (Phi) is 7.05. The average Bonchev–Trinajstić information content (AvgIpc) is 3.31. The van der Waals surface area contributed by atoms with E-state index in [1.165, 1.54) is 25.7 Å². The Morgan fingerprint density at radius 3 is 2.65 bits per heavy atom. The van der Waals surface area contributed by atoms with Gasteiger partial charge in [0.1, 0.15) is 5.75 Å². The fraction of sp³-hybridized carbons (Fsp3) is 0.174. The zero-order chi connectivity index (χ0) is 22.2. The van der Waals surface area contributed by atoms with Gasteiger partial charge in [-0.3, -0.25) is 4.79 Å². The van der Waals surface area contributed by atoms with Crippen molar-refractivity contribution in [1.82, 2.24) is 5.43 Å². The van der Waals surface area contributed by atoms with E-state index in [1.807, 2.05) is 32.0 Å². The first-order valence-corrected chi connectivity index (χ1v) is 9.42. The number of carbonyl (C=O) groups is 2. The number of rotatable bonds is 8. The number of nitrogens with zero attached hydrogens (tertiary/aromatic N) is 1. The van der Waals surface area contributed by atoms with Crippen LogP contribution in [0.4, 0.5) is 0 Å². The molecule has 2 aromatic carbocycles. The Hall–Kier alpha value is -4.07. The van der Waals surface area contributed by atoms with Crippen LogP contribution in [0.1, 0.15) is 27.2 Å². The van der Waals surface area contributed by atoms with Gasteiger partial charge in [-0.15, -0.1) is 0 Å². The number of amides is 1. The second-order valence-electron chi connectivity index (χ2n) is 6.56. The number of hydrogen-bond acceptors (Lipinski definition) is 7. The molecule has 0 unspecified atom stereocenters. The molecule has 8 nitrogen and oxygen atoms in total. The SMILES string of the molecule is COc1cc(/C=N/NC(=O)COc2cccc(C)c2C)ccc1OC(=O)c1ccco1. The fourth-order valence-corrected chi connectivity index (χ4v) is 2.63. The Labute approximate surface area is 179 Å². The minimum atomic E-state index is -0.638. The summed E-state index contributed by atoms with van der Waals surface area (Å²) in [5.41, 5.74) is 5.11. The highest BCUT2D eigenvalue weighted by atomic mass is 16.6. The van der Waals surface area contributed by atoms with Gasteiger partial charge >= 0.3 is 5.97 Å². The summed E-state index contributed by atoms with van der Waals surface area (Å²) in [6.45, 7) is 3.75. The summed E-state index contributed by atoms with van der Waals surface area (Å²) < 4.78 is 21.1. The largest absolute Gasteiger partial charge is 0.493 e. The van der Waals surface area contributed by atoms with Crippen LogP contribution >= 0.6 is 0 Å². The van der Waals surface area contributed by atoms with Gasteiger partial charge in [0.05, 0.1) is 19.6 Å². The molecule has 0 saturated carbocycles. The lowest BCUT2D eigenvalue weighted by Gasteiger charge is -2.10. The Morgan fingerprint density at radius 2 is 1.90 bits per heavy atom. The molecule has 31 heavy (non-hydrogen) atoms. The Balaban J connectivity index is 1.56. The average molecular weight is 422 g/mol. The molecule has 0 fully saturated rings. The van der Waals surface area contributed by atoms with Crippen LogP contribution in [0.2, 0.25) is 0 Å². The van der Waals surface area contributed by atoms with Crippen LogP contribution in [0.15, 0.2) is 64.3 Å². The van der Waals surface area contributed by atoms with E-state index in [0.29, 0.717) is 17.1 Å². The normalized spacial score (nSPS) is 10.7. The molecule has 3 rings (SSSR count). The van der Waals surface area contributed by atoms with Gasteiger partial charge in [0, 0.05) is 0 Å². The van der Waals surface area contributed by atoms with Gasteiger partial charge in [-0.2, -0.15) is 5.10 Å². The monoisotopic (exact) mass is 422 g/mol. The van der Waals surface area contributed by atoms with Gasteiger partial charge in [-0.05, 0) is 66.9 Å². The molecular weight excluding hydrogens is 400 g/mol. The number of ether oxygens (including phenoxy) is 3. The molecule has 1 aromatic heterocycles. The first kappa shape index (κ1) is 21.6. The number of furan rings is 1. The Morgan fingerprint density at radius 1 is 1.06 bits per heavy atom. The van der Waals surface area contributed by atoms with Crippen LogP contribution in [-0.2, 0) is 4.79 Å². The maximum Gasteiger partial charge on any atom is 0.379 e. The van der Waals surface area contributed by atoms with Crippen molar-refractivity contribution in [2.24, 2.45) is 5.10 Å². The van der Waals surface area contributed by atoms with Crippen molar-refractivity contribution in [3.8, 4) is 17.2 Å². The van der Waals surface area contributed by atoms with Gasteiger partial charge in [-0.25, -0.2) is 10.2 Å². The molecule has 0 aliphatic carbocycles. The van der Waals surface area contributed by atoms with Crippen molar-refractivity contribution in [2.75, 3.05) is 13.7 Å². The van der Waals surface area contributed by atoms with Crippen molar-refractivity contribution in [3.05, 3.63) is 77.2 Å². The molecule has 0 aliphatic rings. The number of carbonyl (C=O) groups excluding carboxylic acids is 2. The maximum atomic E-state index is 12.0. The van der Waals surface area contributed by atoms with Gasteiger partial charge in [0.15, 0.2) is 18.1 Å². The summed E-state index contributed by atoms with van der Waals surface area (Å²) in [6, 6.07) is 13.6. The summed E-state index contributed by atoms with van der Waals surface area (Å²) in [7, 11) is 1.45. The van der Waals surface area contributed by atoms with Crippen molar-refractivity contribution in [2.45, 2.75) is 13.8 Å². The minimum Gasteiger partial charge on any atom is -0.493 e. The van der Waals surface area contributed by atoms with Crippen LogP contribution in [0.25, 0.3) is 0 Å². The van der Waals surface area contributed by atoms with E-state index in [2.05, 4.69) is 10.5 Å². The summed E-state index contributed by atoms with van der Waals surface area (Å²) in [6.07, 6.45) is 2.82. The first-order chi connectivity index (χ1) is 15.0. The van der Waals surface area contributed by atoms with E-state index >= 15 is 0 Å². The molecule has 0 bridgehead atoms. The molecule has 0 radical (unpaired) electrons. The second kappa shape index (κ2) is 10.1. The molecule has 0 saturated heterocycles. The van der Waals surface area contributed by atoms with Crippen LogP contribution in [0.3, 0.4) is 0 Å². The highest BCUT2D eigenvalue weighted by Crippen LogP contribution is 2.28. The van der Waals surface area contributed by atoms with E-state index in [1.54, 1.807) is 24.3 Å². The highest BCUT2D eigenvalue weighted by molar-refractivity contribution is 5.89. The highest BCUT2D eigenvalue weighted by Gasteiger charge is 2.15. The van der Waals surface area contributed by atoms with Crippen LogP contribution < -0.4 is 19.6 Å². The lowest BCUT2D eigenvalue weighted by atomic mass is 10.1. The summed E-state index contributed by atoms with van der Waals surface area (Å²) in [4.78, 5) is 24.0. The van der Waals surface area contributed by atoms with Gasteiger partial charge in [-0.1, -0.05) is 12.1 Å². The third kappa shape index (κ3) is 5.72. The molecule has 0 spiro atoms. The quantitative estimate of drug-likeness (QED) is 0.257. The third-order valence-electron chi connectivity index (χ3n) is 4.43. The zero-order valence-electron chi connectivity index (χ0n) is 17.4. The summed E-state index contributed by atoms with van der Waals surface area (Å²) >= 11 is 0. The lowest BCUT2D eigenvalue weighted by molar-refractivity contribution is -0.123. The van der Waals surface area contributed by atoms with E-state index in [9.17, 15) is 9.59 Å². The predicted molar refractivity (Wildman–Crippen MR) is 114 cm³/mol. The Bertz CT molecular complexity index is 1090. The van der Waals surface area contributed by atoms with Gasteiger partial charge < -0.3 is 18.6 Å². The molecular formula is C23H22N2O6. The van der Waals surface area contributed by atoms with Crippen LogP contribution in [-0.4, -0.2) is 31.8 Å². The smallest absolute Gasteiger partial charge is 0.379 e. The lowest BCUT2D eigenvalue weighted by Crippen LogP contribution is -2.24. The van der Waals surface area contributed by atoms with Crippen molar-refractivity contribution in [1.29, 1.82) is 0 Å². The molecule has 8 heteroatoms. The number of aryl methyl sites for hydroxylation is 1. The second-order valence-corrected chi connectivity index (χ2v) is 6.56. The number of methoxy groups -OCH3 is 1. The molecule has 1 heterocycles. The van der Waals surface area contributed by atoms with Crippen LogP contribution in [0, 0.1) is 13.8 Å². The number of nitrogens with one attached hydrogen (secondary N) is 1. The van der Waals surface area contributed by atoms with E-state index in [-0.39, 0.29) is 18.1 Å². The van der Waals surface area contributed by atoms with Crippen molar-refractivity contribution < 1.29 is 28.2 Å². The van der Waals surface area contributed by atoms with Crippen LogP contribution in [0.5, 0.6) is 17.2 Å². The molecule has 1 amide bonds. The van der Waals surface area contributed by atoms with Gasteiger partial charge in [0.25, 0.3) is 5.91 Å². The molecule has 0 atom stereocenters. The third-order valence-corrected chi connectivity index (χ3v) is 4.43. The summed E-state index contributed by atoms with van der Waals surface area (Å²) in [5, 5.41) is 3.92. The van der Waals surface area contributed by atoms with E-state index in [4.69, 9.17) is 18.6 Å². The molecule has 0 aliphatic heterocycles. The topological polar surface area (TPSA) is 99.4 Å². The van der Waals surface area contributed by atoms with Crippen molar-refractivity contribution in [3.63, 3.8) is 0 Å². The summed E-state index contributed by atoms with van der Waals surface area (Å²) in [5.74, 6) is 0.261. The molecule has 160 valence electrons. The minimum absolute atomic E-state index is 0.0819. The fourth-order valence-electron chi connectivity index (χ4n) is 2.63. The zero-order valence-corrected chi connectivity index (χ0v) is 17.4. The number of hydrogen-bond donors (Lipinski definition) is 1. The first-order valence-electron chi connectivity index (χ1n) is 9.42. The standard InChI is InChI=1S/C23H22N2O6/c1-15-6-4-7-18(16(15)2)30-14-22(26)25-24-13-17-9-10-19(21(12-17)28-3)31-23(27)20-8-5-11-29-20/h4-13H,14H2,1-3H3,(H,25,26)/b24-13+. The maximum absolute atomic E-state index is 12.0. The van der Waals surface area contributed by atoms with E-state index < -0.39 is 11.9 Å². The van der Waals surface area contributed by atoms with Gasteiger partial charge in [0.2, 0.25) is 5.76 Å². The number of benzene rings is 2. The molecule has 3 aromatic rings.